The molecule has 0 radical (unpaired) electrons. The number of ether oxygens (including phenoxy) is 2. The fraction of sp³-hybridized carbons (Fsp3) is 0.312. The smallest absolute Gasteiger partial charge is 0.257 e. The second-order valence-corrected chi connectivity index (χ2v) is 6.69. The Labute approximate surface area is 142 Å². The van der Waals surface area contributed by atoms with Gasteiger partial charge in [-0.15, -0.1) is 0 Å². The minimum absolute atomic E-state index is 0.0897. The molecule has 0 fully saturated rings. The van der Waals surface area contributed by atoms with Crippen LogP contribution in [0.2, 0.25) is 0 Å². The number of carbonyl (C=O) groups is 1. The summed E-state index contributed by atoms with van der Waals surface area (Å²) in [7, 11) is 0. The van der Waals surface area contributed by atoms with E-state index in [9.17, 15) is 9.59 Å². The van der Waals surface area contributed by atoms with Crippen molar-refractivity contribution in [3.63, 3.8) is 0 Å². The van der Waals surface area contributed by atoms with E-state index >= 15 is 0 Å². The van der Waals surface area contributed by atoms with Crippen LogP contribution in [0.4, 0.5) is 5.69 Å². The van der Waals surface area contributed by atoms with Gasteiger partial charge in [-0.25, -0.2) is 4.98 Å². The molecule has 8 heteroatoms. The van der Waals surface area contributed by atoms with Crippen molar-refractivity contribution in [3.8, 4) is 11.5 Å². The largest absolute Gasteiger partial charge is 0.454 e. The van der Waals surface area contributed by atoms with Crippen molar-refractivity contribution in [2.75, 3.05) is 17.9 Å². The van der Waals surface area contributed by atoms with E-state index in [1.54, 1.807) is 35.9 Å². The normalized spacial score (nSPS) is 18.1. The predicted molar refractivity (Wildman–Crippen MR) is 88.6 cm³/mol. The zero-order valence-corrected chi connectivity index (χ0v) is 13.8. The zero-order chi connectivity index (χ0) is 16.7. The Kier molecular flexibility index (Phi) is 3.68. The lowest BCUT2D eigenvalue weighted by molar-refractivity contribution is -0.119. The number of nitrogens with one attached hydrogen (secondary N) is 1. The Morgan fingerprint density at radius 2 is 2.21 bits per heavy atom. The van der Waals surface area contributed by atoms with Gasteiger partial charge in [0.05, 0.1) is 5.92 Å². The summed E-state index contributed by atoms with van der Waals surface area (Å²) >= 11 is 1.43. The minimum atomic E-state index is -0.297. The van der Waals surface area contributed by atoms with E-state index in [4.69, 9.17) is 9.47 Å². The molecule has 1 atom stereocenters. The Morgan fingerprint density at radius 3 is 3.08 bits per heavy atom. The molecular formula is C16H15N3O4S. The monoisotopic (exact) mass is 345 g/mol. The van der Waals surface area contributed by atoms with Crippen LogP contribution >= 0.6 is 11.8 Å². The number of thioether (sulfide) groups is 1. The van der Waals surface area contributed by atoms with Crippen molar-refractivity contribution in [2.24, 2.45) is 5.92 Å². The number of amides is 1. The average molecular weight is 345 g/mol. The number of fused-ring (bicyclic) bond motifs is 2. The number of aryl methyl sites for hydroxylation is 1. The Hall–Kier alpha value is -2.48. The molecule has 1 amide bonds. The molecule has 1 aromatic heterocycles. The third-order valence-corrected chi connectivity index (χ3v) is 5.16. The molecule has 24 heavy (non-hydrogen) atoms. The number of benzene rings is 1. The molecule has 0 unspecified atom stereocenters. The number of carbonyl (C=O) groups excluding carboxylic acids is 1. The van der Waals surface area contributed by atoms with Crippen LogP contribution in [0.1, 0.15) is 5.56 Å². The summed E-state index contributed by atoms with van der Waals surface area (Å²) in [5.74, 6) is 1.46. The molecule has 124 valence electrons. The van der Waals surface area contributed by atoms with E-state index in [1.807, 2.05) is 0 Å². The third kappa shape index (κ3) is 2.62. The van der Waals surface area contributed by atoms with Crippen molar-refractivity contribution in [3.05, 3.63) is 40.3 Å². The summed E-state index contributed by atoms with van der Waals surface area (Å²) in [6.07, 6.45) is 1.58. The first-order valence-corrected chi connectivity index (χ1v) is 8.50. The standard InChI is InChI=1S/C16H15N3O4S/c1-9-5-17-16-19(15(9)21)6-10(7-24-16)14(20)18-11-2-3-12-13(4-11)23-8-22-12/h2-5,10H,6-8H2,1H3,(H,18,20)/t10-/m1/s1. The summed E-state index contributed by atoms with van der Waals surface area (Å²) < 4.78 is 12.1. The van der Waals surface area contributed by atoms with E-state index in [1.165, 1.54) is 11.8 Å². The second kappa shape index (κ2) is 5.86. The van der Waals surface area contributed by atoms with Crippen molar-refractivity contribution < 1.29 is 14.3 Å². The SMILES string of the molecule is Cc1cnc2n(c1=O)C[C@@H](C(=O)Nc1ccc3c(c1)OCO3)CS2. The highest BCUT2D eigenvalue weighted by molar-refractivity contribution is 7.99. The van der Waals surface area contributed by atoms with Gasteiger partial charge in [-0.1, -0.05) is 11.8 Å². The van der Waals surface area contributed by atoms with Crippen molar-refractivity contribution in [1.29, 1.82) is 0 Å². The minimum Gasteiger partial charge on any atom is -0.454 e. The molecule has 1 aromatic carbocycles. The van der Waals surface area contributed by atoms with Gasteiger partial charge in [-0.3, -0.25) is 14.2 Å². The lowest BCUT2D eigenvalue weighted by atomic mass is 10.1. The van der Waals surface area contributed by atoms with E-state index in [-0.39, 0.29) is 24.2 Å². The molecule has 7 nitrogen and oxygen atoms in total. The lowest BCUT2D eigenvalue weighted by Crippen LogP contribution is -2.37. The van der Waals surface area contributed by atoms with Crippen molar-refractivity contribution in [1.82, 2.24) is 9.55 Å². The quantitative estimate of drug-likeness (QED) is 0.833. The maximum absolute atomic E-state index is 12.5. The summed E-state index contributed by atoms with van der Waals surface area (Å²) in [5, 5.41) is 3.55. The van der Waals surface area contributed by atoms with Crippen LogP contribution in [0, 0.1) is 12.8 Å². The van der Waals surface area contributed by atoms with Crippen LogP contribution in [-0.4, -0.2) is 28.0 Å². The highest BCUT2D eigenvalue weighted by Gasteiger charge is 2.27. The molecular weight excluding hydrogens is 330 g/mol. The van der Waals surface area contributed by atoms with Gasteiger partial charge in [0.25, 0.3) is 5.56 Å². The second-order valence-electron chi connectivity index (χ2n) is 5.70. The topological polar surface area (TPSA) is 82.5 Å². The molecule has 2 aliphatic rings. The summed E-state index contributed by atoms with van der Waals surface area (Å²) in [6.45, 7) is 2.26. The van der Waals surface area contributed by atoms with Gasteiger partial charge >= 0.3 is 0 Å². The first-order chi connectivity index (χ1) is 11.6. The van der Waals surface area contributed by atoms with E-state index in [2.05, 4.69) is 10.3 Å². The van der Waals surface area contributed by atoms with Gasteiger partial charge in [-0.2, -0.15) is 0 Å². The average Bonchev–Trinajstić information content (AvgIpc) is 3.05. The first-order valence-electron chi connectivity index (χ1n) is 7.51. The Morgan fingerprint density at radius 1 is 1.38 bits per heavy atom. The first kappa shape index (κ1) is 15.1. The van der Waals surface area contributed by atoms with Crippen LogP contribution in [-0.2, 0) is 11.3 Å². The summed E-state index contributed by atoms with van der Waals surface area (Å²) in [5.41, 5.74) is 1.14. The lowest BCUT2D eigenvalue weighted by Gasteiger charge is -2.24. The Bertz CT molecular complexity index is 880. The van der Waals surface area contributed by atoms with Crippen LogP contribution in [0.25, 0.3) is 0 Å². The molecule has 2 aliphatic heterocycles. The fourth-order valence-electron chi connectivity index (χ4n) is 2.68. The van der Waals surface area contributed by atoms with Crippen LogP contribution in [0.15, 0.2) is 34.3 Å². The molecule has 1 N–H and O–H groups in total. The molecule has 0 saturated carbocycles. The maximum atomic E-state index is 12.5. The van der Waals surface area contributed by atoms with E-state index < -0.39 is 0 Å². The predicted octanol–water partition coefficient (Wildman–Crippen LogP) is 1.64. The van der Waals surface area contributed by atoms with Gasteiger partial charge in [0, 0.05) is 35.8 Å². The number of aromatic nitrogens is 2. The van der Waals surface area contributed by atoms with Gasteiger partial charge in [-0.05, 0) is 19.1 Å². The zero-order valence-electron chi connectivity index (χ0n) is 12.9. The number of nitrogens with zero attached hydrogens (tertiary/aromatic N) is 2. The maximum Gasteiger partial charge on any atom is 0.257 e. The molecule has 0 aliphatic carbocycles. The van der Waals surface area contributed by atoms with Crippen molar-refractivity contribution >= 4 is 23.4 Å². The number of anilines is 1. The van der Waals surface area contributed by atoms with Crippen molar-refractivity contribution in [2.45, 2.75) is 18.6 Å². The highest BCUT2D eigenvalue weighted by Crippen LogP contribution is 2.34. The molecule has 4 rings (SSSR count). The third-order valence-electron chi connectivity index (χ3n) is 4.01. The van der Waals surface area contributed by atoms with Gasteiger partial charge in [0.15, 0.2) is 16.7 Å². The number of hydrogen-bond acceptors (Lipinski definition) is 6. The highest BCUT2D eigenvalue weighted by atomic mass is 32.2. The Balaban J connectivity index is 1.51. The molecule has 3 heterocycles. The number of rotatable bonds is 2. The van der Waals surface area contributed by atoms with Gasteiger partial charge in [0.1, 0.15) is 0 Å². The fourth-order valence-corrected chi connectivity index (χ4v) is 3.73. The molecule has 0 bridgehead atoms. The molecule has 0 spiro atoms. The number of hydrogen-bond donors (Lipinski definition) is 1. The molecule has 0 saturated heterocycles. The van der Waals surface area contributed by atoms with Gasteiger partial charge < -0.3 is 14.8 Å². The van der Waals surface area contributed by atoms with E-state index in [0.717, 1.165) is 0 Å². The summed E-state index contributed by atoms with van der Waals surface area (Å²) in [4.78, 5) is 29.0. The van der Waals surface area contributed by atoms with Crippen LogP contribution in [0.5, 0.6) is 11.5 Å². The van der Waals surface area contributed by atoms with E-state index in [0.29, 0.717) is 40.2 Å². The van der Waals surface area contributed by atoms with Crippen LogP contribution in [0.3, 0.4) is 0 Å². The van der Waals surface area contributed by atoms with Crippen LogP contribution < -0.4 is 20.3 Å². The molecule has 2 aromatic rings. The summed E-state index contributed by atoms with van der Waals surface area (Å²) in [6, 6.07) is 5.27. The van der Waals surface area contributed by atoms with Gasteiger partial charge in [0.2, 0.25) is 12.7 Å².